The molecule has 21 heavy (non-hydrogen) atoms. The SMILES string of the molecule is CC(C)CCn1cc(C(=O)N2C[C@H](F)C[C@H]2C(N)=O)nn1. The molecule has 0 unspecified atom stereocenters. The van der Waals surface area contributed by atoms with Gasteiger partial charge in [0.05, 0.1) is 12.7 Å². The van der Waals surface area contributed by atoms with Gasteiger partial charge in [-0.2, -0.15) is 0 Å². The number of amides is 2. The van der Waals surface area contributed by atoms with Crippen LogP contribution in [0.5, 0.6) is 0 Å². The minimum Gasteiger partial charge on any atom is -0.368 e. The topological polar surface area (TPSA) is 94.1 Å². The van der Waals surface area contributed by atoms with Gasteiger partial charge in [-0.3, -0.25) is 14.3 Å². The average molecular weight is 297 g/mol. The van der Waals surface area contributed by atoms with E-state index >= 15 is 0 Å². The molecule has 2 N–H and O–H groups in total. The van der Waals surface area contributed by atoms with Crippen LogP contribution in [0.25, 0.3) is 0 Å². The second-order valence-electron chi connectivity index (χ2n) is 5.76. The van der Waals surface area contributed by atoms with E-state index in [9.17, 15) is 14.0 Å². The van der Waals surface area contributed by atoms with E-state index in [1.54, 1.807) is 4.68 Å². The van der Waals surface area contributed by atoms with Gasteiger partial charge in [-0.25, -0.2) is 4.39 Å². The van der Waals surface area contributed by atoms with Crippen LogP contribution in [-0.4, -0.2) is 50.5 Å². The summed E-state index contributed by atoms with van der Waals surface area (Å²) in [5.74, 6) is -0.691. The Labute approximate surface area is 122 Å². The first-order chi connectivity index (χ1) is 9.88. The smallest absolute Gasteiger partial charge is 0.276 e. The highest BCUT2D eigenvalue weighted by atomic mass is 19.1. The number of hydrogen-bond acceptors (Lipinski definition) is 4. The first kappa shape index (κ1) is 15.4. The van der Waals surface area contributed by atoms with Gasteiger partial charge < -0.3 is 10.6 Å². The van der Waals surface area contributed by atoms with Gasteiger partial charge in [-0.1, -0.05) is 19.1 Å². The van der Waals surface area contributed by atoms with Crippen molar-refractivity contribution in [1.29, 1.82) is 0 Å². The van der Waals surface area contributed by atoms with Gasteiger partial charge in [0.1, 0.15) is 12.2 Å². The number of rotatable bonds is 5. The lowest BCUT2D eigenvalue weighted by atomic mass is 10.1. The second-order valence-corrected chi connectivity index (χ2v) is 5.76. The number of primary amides is 1. The van der Waals surface area contributed by atoms with Gasteiger partial charge in [0, 0.05) is 13.0 Å². The zero-order valence-corrected chi connectivity index (χ0v) is 12.2. The Balaban J connectivity index is 2.07. The molecule has 0 saturated carbocycles. The molecule has 2 heterocycles. The van der Waals surface area contributed by atoms with Gasteiger partial charge >= 0.3 is 0 Å². The molecule has 1 fully saturated rings. The Bertz CT molecular complexity index is 530. The van der Waals surface area contributed by atoms with Crippen LogP contribution in [0.15, 0.2) is 6.20 Å². The number of likely N-dealkylation sites (tertiary alicyclic amines) is 1. The van der Waals surface area contributed by atoms with Gasteiger partial charge in [0.25, 0.3) is 5.91 Å². The number of alkyl halides is 1. The van der Waals surface area contributed by atoms with E-state index in [0.717, 1.165) is 11.3 Å². The lowest BCUT2D eigenvalue weighted by Gasteiger charge is -2.20. The van der Waals surface area contributed by atoms with Crippen LogP contribution in [-0.2, 0) is 11.3 Å². The summed E-state index contributed by atoms with van der Waals surface area (Å²) >= 11 is 0. The fourth-order valence-corrected chi connectivity index (χ4v) is 2.32. The number of nitrogens with zero attached hydrogens (tertiary/aromatic N) is 4. The van der Waals surface area contributed by atoms with Gasteiger partial charge in [0.2, 0.25) is 5.91 Å². The molecule has 1 aliphatic rings. The van der Waals surface area contributed by atoms with Crippen LogP contribution in [0.2, 0.25) is 0 Å². The van der Waals surface area contributed by atoms with E-state index in [0.29, 0.717) is 12.5 Å². The van der Waals surface area contributed by atoms with Crippen molar-refractivity contribution in [2.45, 2.75) is 45.4 Å². The first-order valence-electron chi connectivity index (χ1n) is 7.03. The predicted octanol–water partition coefficient (Wildman–Crippen LogP) is 0.362. The number of nitrogens with two attached hydrogens (primary N) is 1. The zero-order valence-electron chi connectivity index (χ0n) is 12.2. The average Bonchev–Trinajstić information content (AvgIpc) is 3.02. The molecule has 8 heteroatoms. The largest absolute Gasteiger partial charge is 0.368 e. The standard InChI is InChI=1S/C13H20FN5O2/c1-8(2)3-4-18-7-10(16-17-18)13(21)19-6-9(14)5-11(19)12(15)20/h7-9,11H,3-6H2,1-2H3,(H2,15,20)/t9-,11+/m1/s1. The summed E-state index contributed by atoms with van der Waals surface area (Å²) in [7, 11) is 0. The molecule has 0 aliphatic carbocycles. The number of halogens is 1. The maximum Gasteiger partial charge on any atom is 0.276 e. The molecule has 2 amide bonds. The molecule has 2 atom stereocenters. The van der Waals surface area contributed by atoms with Gasteiger partial charge in [0.15, 0.2) is 5.69 Å². The van der Waals surface area contributed by atoms with Crippen molar-refractivity contribution in [1.82, 2.24) is 19.9 Å². The van der Waals surface area contributed by atoms with Gasteiger partial charge in [-0.05, 0) is 12.3 Å². The Morgan fingerprint density at radius 3 is 2.86 bits per heavy atom. The summed E-state index contributed by atoms with van der Waals surface area (Å²) < 4.78 is 15.0. The van der Waals surface area contributed by atoms with Crippen LogP contribution in [0.4, 0.5) is 4.39 Å². The normalized spacial score (nSPS) is 22.0. The number of carbonyl (C=O) groups is 2. The van der Waals surface area contributed by atoms with E-state index in [-0.39, 0.29) is 18.7 Å². The highest BCUT2D eigenvalue weighted by Crippen LogP contribution is 2.22. The Kier molecular flexibility index (Phi) is 4.54. The fraction of sp³-hybridized carbons (Fsp3) is 0.692. The fourth-order valence-electron chi connectivity index (χ4n) is 2.32. The number of carbonyl (C=O) groups excluding carboxylic acids is 2. The van der Waals surface area contributed by atoms with Crippen molar-refractivity contribution in [2.24, 2.45) is 11.7 Å². The van der Waals surface area contributed by atoms with E-state index < -0.39 is 24.0 Å². The monoisotopic (exact) mass is 297 g/mol. The van der Waals surface area contributed by atoms with Crippen LogP contribution < -0.4 is 5.73 Å². The summed E-state index contributed by atoms with van der Waals surface area (Å²) in [6.07, 6.45) is 1.15. The van der Waals surface area contributed by atoms with Crippen molar-refractivity contribution in [3.63, 3.8) is 0 Å². The predicted molar refractivity (Wildman–Crippen MR) is 73.0 cm³/mol. The van der Waals surface area contributed by atoms with E-state index in [1.807, 2.05) is 0 Å². The first-order valence-corrected chi connectivity index (χ1v) is 7.03. The van der Waals surface area contributed by atoms with Crippen LogP contribution >= 0.6 is 0 Å². The lowest BCUT2D eigenvalue weighted by molar-refractivity contribution is -0.121. The minimum atomic E-state index is -1.23. The maximum atomic E-state index is 13.4. The molecule has 0 radical (unpaired) electrons. The number of aryl methyl sites for hydroxylation is 1. The molecule has 1 saturated heterocycles. The van der Waals surface area contributed by atoms with Crippen molar-refractivity contribution >= 4 is 11.8 Å². The molecule has 0 bridgehead atoms. The Morgan fingerprint density at radius 2 is 2.24 bits per heavy atom. The van der Waals surface area contributed by atoms with E-state index in [1.165, 1.54) is 6.20 Å². The molecule has 2 rings (SSSR count). The molecule has 1 aromatic rings. The van der Waals surface area contributed by atoms with E-state index in [4.69, 9.17) is 5.73 Å². The number of aromatic nitrogens is 3. The molecule has 1 aromatic heterocycles. The molecule has 1 aliphatic heterocycles. The number of hydrogen-bond donors (Lipinski definition) is 1. The van der Waals surface area contributed by atoms with Crippen molar-refractivity contribution in [2.75, 3.05) is 6.54 Å². The Morgan fingerprint density at radius 1 is 1.52 bits per heavy atom. The zero-order chi connectivity index (χ0) is 15.6. The third-order valence-corrected chi connectivity index (χ3v) is 3.53. The molecule has 116 valence electrons. The molecular weight excluding hydrogens is 277 g/mol. The summed E-state index contributed by atoms with van der Waals surface area (Å²) in [6, 6.07) is -0.909. The van der Waals surface area contributed by atoms with Crippen molar-refractivity contribution in [3.05, 3.63) is 11.9 Å². The maximum absolute atomic E-state index is 13.4. The molecule has 7 nitrogen and oxygen atoms in total. The summed E-state index contributed by atoms with van der Waals surface area (Å²) in [5.41, 5.74) is 5.32. The van der Waals surface area contributed by atoms with Crippen molar-refractivity contribution < 1.29 is 14.0 Å². The third-order valence-electron chi connectivity index (χ3n) is 3.53. The van der Waals surface area contributed by atoms with Crippen LogP contribution in [0.1, 0.15) is 37.2 Å². The van der Waals surface area contributed by atoms with E-state index in [2.05, 4.69) is 24.2 Å². The summed E-state index contributed by atoms with van der Waals surface area (Å²) in [6.45, 7) is 4.70. The lowest BCUT2D eigenvalue weighted by Crippen LogP contribution is -2.43. The van der Waals surface area contributed by atoms with Gasteiger partial charge in [-0.15, -0.1) is 5.10 Å². The molecule has 0 spiro atoms. The molecular formula is C13H20FN5O2. The van der Waals surface area contributed by atoms with Crippen LogP contribution in [0.3, 0.4) is 0 Å². The molecule has 0 aromatic carbocycles. The van der Waals surface area contributed by atoms with Crippen molar-refractivity contribution in [3.8, 4) is 0 Å². The third kappa shape index (κ3) is 3.56. The minimum absolute atomic E-state index is 0.0530. The highest BCUT2D eigenvalue weighted by Gasteiger charge is 2.39. The summed E-state index contributed by atoms with van der Waals surface area (Å²) in [5, 5.41) is 7.68. The van der Waals surface area contributed by atoms with Crippen LogP contribution in [0, 0.1) is 5.92 Å². The quantitative estimate of drug-likeness (QED) is 0.849. The summed E-state index contributed by atoms with van der Waals surface area (Å²) in [4.78, 5) is 24.7. The Hall–Kier alpha value is -1.99. The highest BCUT2D eigenvalue weighted by molar-refractivity contribution is 5.96. The second kappa shape index (κ2) is 6.19.